The van der Waals surface area contributed by atoms with Crippen LogP contribution in [0, 0.1) is 5.92 Å². The summed E-state index contributed by atoms with van der Waals surface area (Å²) < 4.78 is 0. The van der Waals surface area contributed by atoms with E-state index in [1.165, 1.54) is 44.3 Å². The first-order valence-electron chi connectivity index (χ1n) is 10.3. The number of rotatable bonds is 5. The van der Waals surface area contributed by atoms with Gasteiger partial charge in [0.25, 0.3) is 0 Å². The molecule has 1 aromatic heterocycles. The topological polar surface area (TPSA) is 49.2 Å². The molecule has 0 radical (unpaired) electrons. The summed E-state index contributed by atoms with van der Waals surface area (Å²) in [6.07, 6.45) is 10.9. The lowest BCUT2D eigenvalue weighted by atomic mass is 9.79. The number of nitrogens with zero attached hydrogens (tertiary/aromatic N) is 3. The Balaban J connectivity index is 1.48. The van der Waals surface area contributed by atoms with Crippen LogP contribution in [-0.4, -0.2) is 45.2 Å². The molecule has 2 aliphatic rings. The number of aliphatic hydroxyl groups excluding tert-OH is 1. The lowest BCUT2D eigenvalue weighted by Crippen LogP contribution is -2.43. The van der Waals surface area contributed by atoms with Crippen molar-refractivity contribution in [2.24, 2.45) is 5.92 Å². The van der Waals surface area contributed by atoms with Crippen LogP contribution in [0.4, 0.5) is 0 Å². The number of aromatic nitrogens is 2. The number of piperidine rings is 1. The fraction of sp³-hybridized carbons (Fsp3) is 0.727. The van der Waals surface area contributed by atoms with Gasteiger partial charge < -0.3 is 10.0 Å². The van der Waals surface area contributed by atoms with E-state index in [-0.39, 0.29) is 6.10 Å². The van der Waals surface area contributed by atoms with Crippen molar-refractivity contribution < 1.29 is 5.11 Å². The second-order valence-electron chi connectivity index (χ2n) is 8.70. The molecule has 2 heterocycles. The Morgan fingerprint density at radius 3 is 2.15 bits per heavy atom. The van der Waals surface area contributed by atoms with Crippen LogP contribution in [0.3, 0.4) is 0 Å². The minimum atomic E-state index is -0.310. The maximum atomic E-state index is 10.2. The highest BCUT2D eigenvalue weighted by molar-refractivity contribution is 5.14. The summed E-state index contributed by atoms with van der Waals surface area (Å²) >= 11 is 0. The molecule has 1 aliphatic heterocycles. The Morgan fingerprint density at radius 2 is 1.65 bits per heavy atom. The summed E-state index contributed by atoms with van der Waals surface area (Å²) in [4.78, 5) is 11.8. The summed E-state index contributed by atoms with van der Waals surface area (Å²) in [7, 11) is 0. The minimum Gasteiger partial charge on any atom is -0.388 e. The molecule has 0 spiro atoms. The molecule has 3 rings (SSSR count). The van der Waals surface area contributed by atoms with Crippen molar-refractivity contribution in [1.82, 2.24) is 14.9 Å². The Morgan fingerprint density at radius 1 is 1.08 bits per heavy atom. The van der Waals surface area contributed by atoms with Crippen molar-refractivity contribution in [3.8, 4) is 0 Å². The lowest BCUT2D eigenvalue weighted by molar-refractivity contribution is 0.0649. The predicted octanol–water partition coefficient (Wildman–Crippen LogP) is 4.28. The number of hydrogen-bond donors (Lipinski definition) is 1. The van der Waals surface area contributed by atoms with Crippen LogP contribution in [0.15, 0.2) is 24.5 Å². The molecule has 1 saturated carbocycles. The predicted molar refractivity (Wildman–Crippen MR) is 106 cm³/mol. The molecule has 0 aromatic carbocycles. The first-order chi connectivity index (χ1) is 12.5. The van der Waals surface area contributed by atoms with E-state index in [0.29, 0.717) is 23.8 Å². The summed E-state index contributed by atoms with van der Waals surface area (Å²) in [5, 5.41) is 10.2. The zero-order valence-electron chi connectivity index (χ0n) is 16.7. The van der Waals surface area contributed by atoms with Crippen molar-refractivity contribution in [1.29, 1.82) is 0 Å². The van der Waals surface area contributed by atoms with Crippen molar-refractivity contribution >= 4 is 0 Å². The van der Waals surface area contributed by atoms with Crippen molar-refractivity contribution in [2.45, 2.75) is 83.3 Å². The van der Waals surface area contributed by atoms with Crippen LogP contribution in [0.5, 0.6) is 0 Å². The molecule has 0 bridgehead atoms. The molecule has 0 amide bonds. The van der Waals surface area contributed by atoms with Gasteiger partial charge in [0.15, 0.2) is 0 Å². The normalized spacial score (nSPS) is 26.8. The van der Waals surface area contributed by atoms with Gasteiger partial charge >= 0.3 is 0 Å². The highest BCUT2D eigenvalue weighted by atomic mass is 16.3. The molecule has 4 heteroatoms. The van der Waals surface area contributed by atoms with Gasteiger partial charge in [-0.05, 0) is 75.9 Å². The number of hydrogen-bond acceptors (Lipinski definition) is 4. The lowest BCUT2D eigenvalue weighted by Gasteiger charge is -2.41. The van der Waals surface area contributed by atoms with Crippen LogP contribution in [0.1, 0.15) is 82.5 Å². The third kappa shape index (κ3) is 4.52. The van der Waals surface area contributed by atoms with Gasteiger partial charge in [-0.3, -0.25) is 0 Å². The molecule has 1 N–H and O–H groups in total. The van der Waals surface area contributed by atoms with E-state index in [1.807, 2.05) is 19.3 Å². The highest BCUT2D eigenvalue weighted by Gasteiger charge is 2.32. The Labute approximate surface area is 158 Å². The maximum Gasteiger partial charge on any atom is 0.130 e. The monoisotopic (exact) mass is 357 g/mol. The van der Waals surface area contributed by atoms with E-state index in [9.17, 15) is 5.11 Å². The fourth-order valence-corrected chi connectivity index (χ4v) is 4.64. The molecule has 1 unspecified atom stereocenters. The van der Waals surface area contributed by atoms with Crippen LogP contribution in [0.2, 0.25) is 0 Å². The Bertz CT molecular complexity index is 582. The van der Waals surface area contributed by atoms with E-state index in [0.717, 1.165) is 24.2 Å². The molecule has 2 fully saturated rings. The van der Waals surface area contributed by atoms with E-state index in [1.54, 1.807) is 0 Å². The molecule has 1 atom stereocenters. The molecule has 4 nitrogen and oxygen atoms in total. The third-order valence-electron chi connectivity index (χ3n) is 6.42. The van der Waals surface area contributed by atoms with Crippen molar-refractivity contribution in [2.75, 3.05) is 13.1 Å². The number of aliphatic hydroxyl groups is 1. The maximum absolute atomic E-state index is 10.2. The fourth-order valence-electron chi connectivity index (χ4n) is 4.64. The summed E-state index contributed by atoms with van der Waals surface area (Å²) in [6.45, 7) is 12.5. The average molecular weight is 358 g/mol. The Hall–Kier alpha value is -1.26. The number of likely N-dealkylation sites (tertiary alicyclic amines) is 1. The smallest absolute Gasteiger partial charge is 0.130 e. The van der Waals surface area contributed by atoms with Crippen LogP contribution in [-0.2, 0) is 0 Å². The van der Waals surface area contributed by atoms with Gasteiger partial charge in [0.1, 0.15) is 5.82 Å². The SMILES string of the molecule is C=C(C)C(O)C1CCC(N2CCC(c3cnc(C(C)C)nc3)CC2)CC1. The van der Waals surface area contributed by atoms with Gasteiger partial charge in [0, 0.05) is 24.4 Å². The van der Waals surface area contributed by atoms with Gasteiger partial charge in [0.2, 0.25) is 0 Å². The van der Waals surface area contributed by atoms with Crippen LogP contribution < -0.4 is 0 Å². The molecule has 26 heavy (non-hydrogen) atoms. The van der Waals surface area contributed by atoms with E-state index >= 15 is 0 Å². The van der Waals surface area contributed by atoms with Gasteiger partial charge in [-0.15, -0.1) is 0 Å². The van der Waals surface area contributed by atoms with Gasteiger partial charge in [-0.25, -0.2) is 9.97 Å². The summed E-state index contributed by atoms with van der Waals surface area (Å²) in [5.41, 5.74) is 2.22. The molecule has 1 aromatic rings. The standard InChI is InChI=1S/C22H35N3O/c1-15(2)21(26)18-5-7-20(8-6-18)25-11-9-17(10-12-25)19-13-23-22(16(3)4)24-14-19/h13-14,16-18,20-21,26H,1,5-12H2,2-4H3. The van der Waals surface area contributed by atoms with Crippen LogP contribution in [0.25, 0.3) is 0 Å². The molecule has 144 valence electrons. The second-order valence-corrected chi connectivity index (χ2v) is 8.70. The largest absolute Gasteiger partial charge is 0.388 e. The van der Waals surface area contributed by atoms with Crippen LogP contribution >= 0.6 is 0 Å². The van der Waals surface area contributed by atoms with E-state index in [2.05, 4.69) is 35.3 Å². The zero-order chi connectivity index (χ0) is 18.7. The molecular weight excluding hydrogens is 322 g/mol. The average Bonchev–Trinajstić information content (AvgIpc) is 2.67. The first-order valence-corrected chi connectivity index (χ1v) is 10.3. The van der Waals surface area contributed by atoms with Gasteiger partial charge in [0.05, 0.1) is 6.10 Å². The third-order valence-corrected chi connectivity index (χ3v) is 6.42. The summed E-state index contributed by atoms with van der Waals surface area (Å²) in [5.74, 6) is 2.36. The molecule has 1 saturated heterocycles. The van der Waals surface area contributed by atoms with Gasteiger partial charge in [-0.1, -0.05) is 26.0 Å². The second kappa shape index (κ2) is 8.62. The molecule has 1 aliphatic carbocycles. The van der Waals surface area contributed by atoms with E-state index < -0.39 is 0 Å². The Kier molecular flexibility index (Phi) is 6.46. The van der Waals surface area contributed by atoms with E-state index in [4.69, 9.17) is 0 Å². The summed E-state index contributed by atoms with van der Waals surface area (Å²) in [6, 6.07) is 0.698. The van der Waals surface area contributed by atoms with Crippen molar-refractivity contribution in [3.05, 3.63) is 35.9 Å². The zero-order valence-corrected chi connectivity index (χ0v) is 16.7. The first kappa shape index (κ1) is 19.5. The minimum absolute atomic E-state index is 0.310. The molecular formula is C22H35N3O. The quantitative estimate of drug-likeness (QED) is 0.799. The highest BCUT2D eigenvalue weighted by Crippen LogP contribution is 2.35. The van der Waals surface area contributed by atoms with Gasteiger partial charge in [-0.2, -0.15) is 0 Å². The van der Waals surface area contributed by atoms with Crippen molar-refractivity contribution in [3.63, 3.8) is 0 Å².